The SMILES string of the molecule is CCc1ccccc1NC(=O)CCc1c(C)nc2ccccn12. The van der Waals surface area contributed by atoms with Gasteiger partial charge in [0.15, 0.2) is 0 Å². The van der Waals surface area contributed by atoms with E-state index in [4.69, 9.17) is 0 Å². The van der Waals surface area contributed by atoms with Gasteiger partial charge in [-0.2, -0.15) is 0 Å². The maximum absolute atomic E-state index is 12.3. The molecule has 0 aliphatic heterocycles. The van der Waals surface area contributed by atoms with Crippen molar-refractivity contribution in [3.8, 4) is 0 Å². The molecule has 1 N–H and O–H groups in total. The minimum absolute atomic E-state index is 0.0381. The Balaban J connectivity index is 1.70. The van der Waals surface area contributed by atoms with Crippen LogP contribution in [0.1, 0.15) is 30.3 Å². The Morgan fingerprint density at radius 1 is 1.17 bits per heavy atom. The number of anilines is 1. The number of rotatable bonds is 5. The van der Waals surface area contributed by atoms with E-state index in [1.807, 2.05) is 55.6 Å². The number of hydrogen-bond acceptors (Lipinski definition) is 2. The molecule has 0 spiro atoms. The summed E-state index contributed by atoms with van der Waals surface area (Å²) in [6.07, 6.45) is 4.02. The highest BCUT2D eigenvalue weighted by Crippen LogP contribution is 2.17. The molecule has 0 unspecified atom stereocenters. The van der Waals surface area contributed by atoms with Gasteiger partial charge < -0.3 is 9.72 Å². The van der Waals surface area contributed by atoms with Crippen molar-refractivity contribution in [2.75, 3.05) is 5.32 Å². The highest BCUT2D eigenvalue weighted by Gasteiger charge is 2.11. The molecule has 1 aromatic carbocycles. The summed E-state index contributed by atoms with van der Waals surface area (Å²) in [5.41, 5.74) is 5.08. The zero-order valence-corrected chi connectivity index (χ0v) is 13.5. The largest absolute Gasteiger partial charge is 0.326 e. The van der Waals surface area contributed by atoms with Gasteiger partial charge in [0.2, 0.25) is 5.91 Å². The molecule has 3 rings (SSSR count). The Morgan fingerprint density at radius 2 is 1.96 bits per heavy atom. The number of aromatic nitrogens is 2. The second-order valence-electron chi connectivity index (χ2n) is 5.63. The number of aryl methyl sites for hydroxylation is 3. The average Bonchev–Trinajstić information content (AvgIpc) is 2.88. The Hall–Kier alpha value is -2.62. The lowest BCUT2D eigenvalue weighted by molar-refractivity contribution is -0.116. The van der Waals surface area contributed by atoms with Gasteiger partial charge in [-0.3, -0.25) is 4.79 Å². The van der Waals surface area contributed by atoms with Crippen LogP contribution in [0.5, 0.6) is 0 Å². The van der Waals surface area contributed by atoms with Gasteiger partial charge in [0.25, 0.3) is 0 Å². The number of fused-ring (bicyclic) bond motifs is 1. The van der Waals surface area contributed by atoms with Crippen molar-refractivity contribution in [2.24, 2.45) is 0 Å². The van der Waals surface area contributed by atoms with E-state index in [9.17, 15) is 4.79 Å². The maximum atomic E-state index is 12.3. The summed E-state index contributed by atoms with van der Waals surface area (Å²) in [6, 6.07) is 13.9. The lowest BCUT2D eigenvalue weighted by Crippen LogP contribution is -2.14. The number of carbonyl (C=O) groups excluding carboxylic acids is 1. The van der Waals surface area contributed by atoms with E-state index in [1.165, 1.54) is 0 Å². The molecule has 2 aromatic heterocycles. The summed E-state index contributed by atoms with van der Waals surface area (Å²) in [5, 5.41) is 3.02. The van der Waals surface area contributed by atoms with Crippen LogP contribution in [0.2, 0.25) is 0 Å². The third-order valence-electron chi connectivity index (χ3n) is 4.09. The molecule has 3 aromatic rings. The van der Waals surface area contributed by atoms with E-state index in [0.29, 0.717) is 12.8 Å². The molecule has 0 saturated heterocycles. The maximum Gasteiger partial charge on any atom is 0.224 e. The van der Waals surface area contributed by atoms with Crippen LogP contribution in [0.15, 0.2) is 48.7 Å². The number of carbonyl (C=O) groups is 1. The Kier molecular flexibility index (Phi) is 4.42. The number of nitrogens with zero attached hydrogens (tertiary/aromatic N) is 2. The highest BCUT2D eigenvalue weighted by atomic mass is 16.1. The first-order valence-corrected chi connectivity index (χ1v) is 7.99. The van der Waals surface area contributed by atoms with E-state index < -0.39 is 0 Å². The summed E-state index contributed by atoms with van der Waals surface area (Å²) in [7, 11) is 0. The summed E-state index contributed by atoms with van der Waals surface area (Å²) in [4.78, 5) is 16.8. The van der Waals surface area contributed by atoms with Gasteiger partial charge in [-0.1, -0.05) is 31.2 Å². The lowest BCUT2D eigenvalue weighted by Gasteiger charge is -2.09. The molecule has 2 heterocycles. The number of pyridine rings is 1. The fourth-order valence-corrected chi connectivity index (χ4v) is 2.86. The van der Waals surface area contributed by atoms with Crippen molar-refractivity contribution < 1.29 is 4.79 Å². The van der Waals surface area contributed by atoms with Crippen LogP contribution in [-0.2, 0) is 17.6 Å². The first-order chi connectivity index (χ1) is 11.2. The summed E-state index contributed by atoms with van der Waals surface area (Å²) in [5.74, 6) is 0.0381. The molecule has 0 fully saturated rings. The molecule has 0 saturated carbocycles. The second kappa shape index (κ2) is 6.65. The molecule has 1 amide bonds. The van der Waals surface area contributed by atoms with Crippen LogP contribution in [0.3, 0.4) is 0 Å². The quantitative estimate of drug-likeness (QED) is 0.780. The van der Waals surface area contributed by atoms with Crippen molar-refractivity contribution in [1.29, 1.82) is 0 Å². The van der Waals surface area contributed by atoms with Crippen LogP contribution in [-0.4, -0.2) is 15.3 Å². The van der Waals surface area contributed by atoms with Crippen molar-refractivity contribution in [3.05, 3.63) is 65.6 Å². The van der Waals surface area contributed by atoms with Gasteiger partial charge in [-0.05, 0) is 43.5 Å². The number of benzene rings is 1. The first-order valence-electron chi connectivity index (χ1n) is 7.99. The van der Waals surface area contributed by atoms with Gasteiger partial charge >= 0.3 is 0 Å². The molecular formula is C19H21N3O. The van der Waals surface area contributed by atoms with Crippen LogP contribution >= 0.6 is 0 Å². The molecule has 0 aliphatic carbocycles. The summed E-state index contributed by atoms with van der Waals surface area (Å²) in [6.45, 7) is 4.08. The fourth-order valence-electron chi connectivity index (χ4n) is 2.86. The second-order valence-corrected chi connectivity index (χ2v) is 5.63. The molecule has 4 nitrogen and oxygen atoms in total. The van der Waals surface area contributed by atoms with Crippen molar-refractivity contribution in [1.82, 2.24) is 9.38 Å². The molecule has 0 atom stereocenters. The number of para-hydroxylation sites is 1. The van der Waals surface area contributed by atoms with E-state index in [0.717, 1.165) is 34.7 Å². The zero-order valence-electron chi connectivity index (χ0n) is 13.5. The van der Waals surface area contributed by atoms with E-state index in [1.54, 1.807) is 0 Å². The molecule has 23 heavy (non-hydrogen) atoms. The number of nitrogens with one attached hydrogen (secondary N) is 1. The molecule has 118 valence electrons. The minimum atomic E-state index is 0.0381. The molecule has 4 heteroatoms. The summed E-state index contributed by atoms with van der Waals surface area (Å²) < 4.78 is 2.06. The van der Waals surface area contributed by atoms with E-state index in [2.05, 4.69) is 21.6 Å². The number of imidazole rings is 1. The standard InChI is InChI=1S/C19H21N3O/c1-3-15-8-4-5-9-16(15)21-19(23)12-11-17-14(2)20-18-10-6-7-13-22(17)18/h4-10,13H,3,11-12H2,1-2H3,(H,21,23). The Morgan fingerprint density at radius 3 is 2.78 bits per heavy atom. The predicted molar refractivity (Wildman–Crippen MR) is 92.7 cm³/mol. The van der Waals surface area contributed by atoms with Gasteiger partial charge in [0, 0.05) is 24.0 Å². The van der Waals surface area contributed by atoms with Crippen LogP contribution in [0.4, 0.5) is 5.69 Å². The van der Waals surface area contributed by atoms with Crippen LogP contribution in [0.25, 0.3) is 5.65 Å². The Bertz CT molecular complexity index is 836. The highest BCUT2D eigenvalue weighted by molar-refractivity contribution is 5.91. The lowest BCUT2D eigenvalue weighted by atomic mass is 10.1. The third kappa shape index (κ3) is 3.26. The fraction of sp³-hybridized carbons (Fsp3) is 0.263. The number of amides is 1. The molecular weight excluding hydrogens is 286 g/mol. The topological polar surface area (TPSA) is 46.4 Å². The summed E-state index contributed by atoms with van der Waals surface area (Å²) >= 11 is 0. The Labute approximate surface area is 136 Å². The van der Waals surface area contributed by atoms with Crippen molar-refractivity contribution >= 4 is 17.2 Å². The number of hydrogen-bond donors (Lipinski definition) is 1. The van der Waals surface area contributed by atoms with Gasteiger partial charge in [-0.25, -0.2) is 4.98 Å². The first kappa shape index (κ1) is 15.3. The monoisotopic (exact) mass is 307 g/mol. The minimum Gasteiger partial charge on any atom is -0.326 e. The molecule has 0 aliphatic rings. The van der Waals surface area contributed by atoms with E-state index in [-0.39, 0.29) is 5.91 Å². The van der Waals surface area contributed by atoms with Gasteiger partial charge in [0.05, 0.1) is 5.69 Å². The van der Waals surface area contributed by atoms with Gasteiger partial charge in [-0.15, -0.1) is 0 Å². The smallest absolute Gasteiger partial charge is 0.224 e. The van der Waals surface area contributed by atoms with Crippen LogP contribution < -0.4 is 5.32 Å². The van der Waals surface area contributed by atoms with Crippen LogP contribution in [0, 0.1) is 6.92 Å². The predicted octanol–water partition coefficient (Wildman–Crippen LogP) is 3.78. The average molecular weight is 307 g/mol. The third-order valence-corrected chi connectivity index (χ3v) is 4.09. The van der Waals surface area contributed by atoms with Crippen molar-refractivity contribution in [3.63, 3.8) is 0 Å². The van der Waals surface area contributed by atoms with E-state index >= 15 is 0 Å². The van der Waals surface area contributed by atoms with Gasteiger partial charge in [0.1, 0.15) is 5.65 Å². The van der Waals surface area contributed by atoms with Crippen molar-refractivity contribution in [2.45, 2.75) is 33.1 Å². The molecule has 0 radical (unpaired) electrons. The molecule has 0 bridgehead atoms. The normalized spacial score (nSPS) is 10.9. The zero-order chi connectivity index (χ0) is 16.2.